The molecule has 190 valence electrons. The first-order chi connectivity index (χ1) is 18.0. The molecule has 0 spiro atoms. The minimum Gasteiger partial charge on any atom is -0.490 e. The molecule has 1 N–H and O–H groups in total. The van der Waals surface area contributed by atoms with Gasteiger partial charge in [0.1, 0.15) is 29.7 Å². The number of aliphatic hydroxyl groups excluding tert-OH is 1. The third-order valence-corrected chi connectivity index (χ3v) is 7.26. The zero-order valence-electron chi connectivity index (χ0n) is 21.0. The Morgan fingerprint density at radius 2 is 1.97 bits per heavy atom. The fraction of sp³-hybridized carbons (Fsp3) is 0.393. The second-order valence-corrected chi connectivity index (χ2v) is 9.79. The molecule has 9 heteroatoms. The van der Waals surface area contributed by atoms with Crippen LogP contribution in [0.25, 0.3) is 22.7 Å². The van der Waals surface area contributed by atoms with Crippen LogP contribution in [0.15, 0.2) is 42.7 Å². The number of hydrogen-bond donors (Lipinski definition) is 1. The Labute approximate surface area is 215 Å². The number of piperidine rings is 1. The molecule has 2 saturated heterocycles. The van der Waals surface area contributed by atoms with Crippen molar-refractivity contribution >= 4 is 11.0 Å². The molecule has 0 radical (unpaired) electrons. The number of ether oxygens (including phenoxy) is 2. The zero-order valence-corrected chi connectivity index (χ0v) is 21.0. The summed E-state index contributed by atoms with van der Waals surface area (Å²) in [7, 11) is 0. The van der Waals surface area contributed by atoms with Gasteiger partial charge in [-0.3, -0.25) is 9.47 Å². The van der Waals surface area contributed by atoms with Gasteiger partial charge in [0, 0.05) is 30.4 Å². The number of hydrogen-bond acceptors (Lipinski definition) is 7. The predicted octanol–water partition coefficient (Wildman–Crippen LogP) is 3.19. The van der Waals surface area contributed by atoms with E-state index in [4.69, 9.17) is 20.9 Å². The van der Waals surface area contributed by atoms with Crippen molar-refractivity contribution in [1.82, 2.24) is 29.2 Å². The number of fused-ring (bicyclic) bond motifs is 1. The molecule has 4 aromatic rings. The molecule has 2 aliphatic heterocycles. The summed E-state index contributed by atoms with van der Waals surface area (Å²) in [4.78, 5) is 12.0. The minimum absolute atomic E-state index is 0.189. The number of aliphatic hydroxyl groups is 1. The van der Waals surface area contributed by atoms with Crippen molar-refractivity contribution in [2.75, 3.05) is 26.3 Å². The summed E-state index contributed by atoms with van der Waals surface area (Å²) in [6.45, 7) is 7.40. The average Bonchev–Trinajstić information content (AvgIpc) is 3.46. The summed E-state index contributed by atoms with van der Waals surface area (Å²) >= 11 is 0. The van der Waals surface area contributed by atoms with Crippen LogP contribution in [0.4, 0.5) is 0 Å². The molecule has 6 rings (SSSR count). The lowest BCUT2D eigenvalue weighted by Crippen LogP contribution is -2.52. The van der Waals surface area contributed by atoms with Crippen molar-refractivity contribution in [3.63, 3.8) is 0 Å². The first kappa shape index (κ1) is 23.7. The minimum atomic E-state index is -0.725. The highest BCUT2D eigenvalue weighted by Crippen LogP contribution is 2.28. The van der Waals surface area contributed by atoms with Crippen molar-refractivity contribution in [3.8, 4) is 29.7 Å². The second-order valence-electron chi connectivity index (χ2n) is 9.79. The van der Waals surface area contributed by atoms with Gasteiger partial charge in [-0.15, -0.1) is 6.42 Å². The van der Waals surface area contributed by atoms with Gasteiger partial charge in [0.05, 0.1) is 36.4 Å². The lowest BCUT2D eigenvalue weighted by molar-refractivity contribution is -0.0778. The summed E-state index contributed by atoms with van der Waals surface area (Å²) in [6, 6.07) is 12.1. The Hall–Kier alpha value is -3.71. The molecule has 1 aromatic carbocycles. The van der Waals surface area contributed by atoms with E-state index in [1.165, 1.54) is 0 Å². The number of aryl methyl sites for hydroxylation is 1. The van der Waals surface area contributed by atoms with E-state index in [1.54, 1.807) is 17.9 Å². The van der Waals surface area contributed by atoms with Gasteiger partial charge in [-0.25, -0.2) is 14.6 Å². The summed E-state index contributed by atoms with van der Waals surface area (Å²) in [5, 5.41) is 14.9. The van der Waals surface area contributed by atoms with Crippen molar-refractivity contribution in [2.45, 2.75) is 44.9 Å². The van der Waals surface area contributed by atoms with Crippen molar-refractivity contribution in [1.29, 1.82) is 0 Å². The second kappa shape index (κ2) is 9.63. The number of likely N-dealkylation sites (tertiary alicyclic amines) is 1. The van der Waals surface area contributed by atoms with Crippen LogP contribution < -0.4 is 4.74 Å². The molecule has 37 heavy (non-hydrogen) atoms. The number of imidazole rings is 1. The predicted molar refractivity (Wildman–Crippen MR) is 139 cm³/mol. The van der Waals surface area contributed by atoms with Crippen molar-refractivity contribution < 1.29 is 14.6 Å². The van der Waals surface area contributed by atoms with E-state index >= 15 is 0 Å². The molecular formula is C28H30N6O3. The van der Waals surface area contributed by atoms with Gasteiger partial charge < -0.3 is 14.6 Å². The fourth-order valence-corrected chi connectivity index (χ4v) is 5.07. The van der Waals surface area contributed by atoms with E-state index in [9.17, 15) is 5.11 Å². The van der Waals surface area contributed by atoms with E-state index in [2.05, 4.69) is 20.9 Å². The van der Waals surface area contributed by atoms with Crippen LogP contribution in [0.5, 0.6) is 5.75 Å². The number of aromatic nitrogens is 5. The molecule has 1 unspecified atom stereocenters. The summed E-state index contributed by atoms with van der Waals surface area (Å²) in [6.07, 6.45) is 8.78. The summed E-state index contributed by atoms with van der Waals surface area (Å²) < 4.78 is 15.3. The topological polar surface area (TPSA) is 90.5 Å². The van der Waals surface area contributed by atoms with Crippen LogP contribution in [-0.2, 0) is 4.74 Å². The average molecular weight is 499 g/mol. The summed E-state index contributed by atoms with van der Waals surface area (Å²) in [5.41, 5.74) is 3.75. The van der Waals surface area contributed by atoms with E-state index in [0.29, 0.717) is 28.9 Å². The molecule has 0 bridgehead atoms. The Kier molecular flexibility index (Phi) is 6.16. The third kappa shape index (κ3) is 4.48. The largest absolute Gasteiger partial charge is 0.490 e. The standard InChI is InChI=1S/C28H30N6O3/c1-4-20-13-18(2)34(31-20)28-24(19(3)35)6-8-27(30-28)33-17-29-25-7-5-23(14-26(25)33)37-22-9-11-32(12-10-22)21-15-36-16-21/h1,5-8,13-14,17,19,21-22,35H,9-12,15-16H2,2-3H3. The van der Waals surface area contributed by atoms with Gasteiger partial charge >= 0.3 is 0 Å². The highest BCUT2D eigenvalue weighted by Gasteiger charge is 2.30. The number of rotatable bonds is 6. The SMILES string of the molecule is C#Cc1cc(C)n(-c2nc(-n3cnc4ccc(OC5CCN(C6COC6)CC5)cc43)ccc2C(C)O)n1. The van der Waals surface area contributed by atoms with E-state index in [1.807, 2.05) is 47.9 Å². The van der Waals surface area contributed by atoms with Crippen LogP contribution in [0.1, 0.15) is 42.8 Å². The number of terminal acetylenes is 1. The monoisotopic (exact) mass is 498 g/mol. The zero-order chi connectivity index (χ0) is 25.5. The molecule has 0 amide bonds. The van der Waals surface area contributed by atoms with Gasteiger partial charge in [-0.2, -0.15) is 5.10 Å². The maximum atomic E-state index is 10.4. The van der Waals surface area contributed by atoms with Crippen LogP contribution in [0.3, 0.4) is 0 Å². The molecule has 0 saturated carbocycles. The lowest BCUT2D eigenvalue weighted by Gasteiger charge is -2.41. The number of nitrogens with zero attached hydrogens (tertiary/aromatic N) is 6. The van der Waals surface area contributed by atoms with Gasteiger partial charge in [0.2, 0.25) is 0 Å². The molecule has 2 aliphatic rings. The van der Waals surface area contributed by atoms with Crippen LogP contribution in [0.2, 0.25) is 0 Å². The van der Waals surface area contributed by atoms with Gasteiger partial charge in [-0.05, 0) is 62.9 Å². The molecule has 2 fully saturated rings. The number of pyridine rings is 1. The molecular weight excluding hydrogens is 468 g/mol. The summed E-state index contributed by atoms with van der Waals surface area (Å²) in [5.74, 6) is 4.58. The van der Waals surface area contributed by atoms with Crippen LogP contribution in [0, 0.1) is 19.3 Å². The van der Waals surface area contributed by atoms with E-state index in [0.717, 1.165) is 61.6 Å². The lowest BCUT2D eigenvalue weighted by atomic mass is 10.0. The molecule has 5 heterocycles. The highest BCUT2D eigenvalue weighted by molar-refractivity contribution is 5.78. The molecule has 0 aliphatic carbocycles. The number of benzene rings is 1. The van der Waals surface area contributed by atoms with Crippen LogP contribution >= 0.6 is 0 Å². The maximum Gasteiger partial charge on any atom is 0.161 e. The Morgan fingerprint density at radius 1 is 1.16 bits per heavy atom. The maximum absolute atomic E-state index is 10.4. The van der Waals surface area contributed by atoms with Gasteiger partial charge in [-0.1, -0.05) is 0 Å². The first-order valence-corrected chi connectivity index (χ1v) is 12.7. The van der Waals surface area contributed by atoms with Crippen molar-refractivity contribution in [2.24, 2.45) is 0 Å². The van der Waals surface area contributed by atoms with E-state index in [-0.39, 0.29) is 6.10 Å². The van der Waals surface area contributed by atoms with Crippen molar-refractivity contribution in [3.05, 3.63) is 59.7 Å². The molecule has 1 atom stereocenters. The van der Waals surface area contributed by atoms with Gasteiger partial charge in [0.15, 0.2) is 5.82 Å². The molecule has 9 nitrogen and oxygen atoms in total. The Balaban J connectivity index is 1.29. The normalized spacial score (nSPS) is 18.0. The molecule has 3 aromatic heterocycles. The smallest absolute Gasteiger partial charge is 0.161 e. The first-order valence-electron chi connectivity index (χ1n) is 12.7. The van der Waals surface area contributed by atoms with Gasteiger partial charge in [0.25, 0.3) is 0 Å². The van der Waals surface area contributed by atoms with Crippen LogP contribution in [-0.4, -0.2) is 72.8 Å². The Bertz CT molecular complexity index is 1470. The third-order valence-electron chi connectivity index (χ3n) is 7.26. The highest BCUT2D eigenvalue weighted by atomic mass is 16.5. The quantitative estimate of drug-likeness (QED) is 0.408. The fourth-order valence-electron chi connectivity index (χ4n) is 5.07. The Morgan fingerprint density at radius 3 is 2.65 bits per heavy atom. The van der Waals surface area contributed by atoms with E-state index < -0.39 is 6.10 Å².